The first kappa shape index (κ1) is 91.0. The minimum absolute atomic E-state index is 0. The van der Waals surface area contributed by atoms with Crippen molar-refractivity contribution in [3.8, 4) is 5.75 Å². The number of aromatic nitrogens is 1. The van der Waals surface area contributed by atoms with Crippen LogP contribution < -0.4 is 80.4 Å². The number of fused-ring (bicyclic) bond motifs is 1. The van der Waals surface area contributed by atoms with E-state index in [2.05, 4.69) is 52.8 Å². The van der Waals surface area contributed by atoms with Crippen LogP contribution >= 0.6 is 11.8 Å². The molecule has 0 spiro atoms. The molecule has 1 aliphatic rings. The van der Waals surface area contributed by atoms with Gasteiger partial charge < -0.3 is 110 Å². The quantitative estimate of drug-likeness (QED) is 0.0196. The van der Waals surface area contributed by atoms with Crippen molar-refractivity contribution in [3.63, 3.8) is 0 Å². The van der Waals surface area contributed by atoms with Crippen molar-refractivity contribution in [2.24, 2.45) is 17.2 Å². The molecule has 0 saturated carbocycles. The molecule has 18 N–H and O–H groups in total. The normalized spacial score (nSPS) is 15.4. The number of primary amides is 3. The predicted molar refractivity (Wildman–Crippen MR) is 386 cm³/mol. The van der Waals surface area contributed by atoms with Crippen LogP contribution in [0.5, 0.6) is 5.75 Å². The summed E-state index contributed by atoms with van der Waals surface area (Å²) in [5.74, 6) is -17.7. The number of para-hydroxylation sites is 1. The summed E-state index contributed by atoms with van der Waals surface area (Å²) in [6.07, 6.45) is -0.357. The van der Waals surface area contributed by atoms with Gasteiger partial charge in [0.2, 0.25) is 70.9 Å². The standard InChI is InChI=1S/C69H95N17O21S.In/c1-40(75-65(103)48(17-19-55(71)89)78-66(104)47(16-18-54(70)88)76-57(91)36-83-21-23-84(37-59(94)95)25-27-86(39-61(98)99)28-26-85(24-22-83)38-60(96)97)63(101)81-51(31-42-12-14-44(87)15-13-42)64(102)74-35-56(90)77-52(32-43-34-73-46-11-7-6-10-45(43)46)68(106)79-49(20-29-108-2)67(105)82-53(33-58(92)93)69(107)80-50(62(72)100)30-41-8-4-3-5-9-41;/h3-15,34,40,47-53,73,87H,16-33,35-39H2,1-2H3,(H2,70,88)(H2,71,89)(H2,72,100)(H,74,102)(H,75,103)(H,76,91)(H,77,90)(H,78,104)(H,79,106)(H,80,107)(H,81,101)(H,82,105)(H,92,93)(H,94,95)(H,96,97)(H,98,99);/q;+3/p-3/t40-,47+,48+,49-,50-,51-,52-,53-;/m0./s1/i;1-4. The van der Waals surface area contributed by atoms with E-state index in [1.807, 2.05) is 0 Å². The number of hydrogen-bond donors (Lipinski definition) is 15. The molecule has 1 aliphatic heterocycles. The summed E-state index contributed by atoms with van der Waals surface area (Å²) in [5, 5.41) is 77.7. The molecular formula is C69H92InN17O21S. The fourth-order valence-electron chi connectivity index (χ4n) is 11.4. The van der Waals surface area contributed by atoms with Crippen LogP contribution in [-0.4, -0.2) is 301 Å². The molecule has 0 unspecified atom stereocenters. The Morgan fingerprint density at radius 1 is 0.477 bits per heavy atom. The van der Waals surface area contributed by atoms with Gasteiger partial charge in [-0.3, -0.25) is 81.9 Å². The van der Waals surface area contributed by atoms with Gasteiger partial charge >= 0.3 is 31.8 Å². The predicted octanol–water partition coefficient (Wildman–Crippen LogP) is -9.75. The Morgan fingerprint density at radius 3 is 1.39 bits per heavy atom. The van der Waals surface area contributed by atoms with Gasteiger partial charge in [0.05, 0.1) is 37.4 Å². The van der Waals surface area contributed by atoms with E-state index < -0.39 is 208 Å². The largest absolute Gasteiger partial charge is 3.00 e. The van der Waals surface area contributed by atoms with E-state index in [4.69, 9.17) is 17.2 Å². The Morgan fingerprint density at radius 2 is 0.890 bits per heavy atom. The Balaban J connectivity index is 0.0000251. The van der Waals surface area contributed by atoms with E-state index in [0.29, 0.717) is 27.6 Å². The van der Waals surface area contributed by atoms with Crippen LogP contribution in [0.3, 0.4) is 0 Å². The molecule has 1 saturated heterocycles. The third kappa shape index (κ3) is 33.7. The van der Waals surface area contributed by atoms with Crippen LogP contribution in [0, 0.1) is 0 Å². The number of benzene rings is 3. The van der Waals surface area contributed by atoms with Gasteiger partial charge in [0.15, 0.2) is 0 Å². The fourth-order valence-corrected chi connectivity index (χ4v) is 11.9. The first-order valence-corrected chi connectivity index (χ1v) is 35.8. The number of carbonyl (C=O) groups excluding carboxylic acids is 15. The molecule has 1 aromatic heterocycles. The van der Waals surface area contributed by atoms with E-state index in [1.54, 1.807) is 67.0 Å². The van der Waals surface area contributed by atoms with Crippen molar-refractivity contribution in [1.29, 1.82) is 0 Å². The third-order valence-electron chi connectivity index (χ3n) is 17.1. The second-order valence-electron chi connectivity index (χ2n) is 25.6. The van der Waals surface area contributed by atoms with Crippen LogP contribution in [0.2, 0.25) is 0 Å². The Hall–Kier alpha value is -10.4. The summed E-state index contributed by atoms with van der Waals surface area (Å²) in [6, 6.07) is 8.25. The van der Waals surface area contributed by atoms with Crippen molar-refractivity contribution in [3.05, 3.63) is 102 Å². The van der Waals surface area contributed by atoms with Crippen LogP contribution in [-0.2, 0) is 96.0 Å². The number of phenols is 1. The van der Waals surface area contributed by atoms with Gasteiger partial charge in [0.1, 0.15) is 54.1 Å². The molecule has 0 aliphatic carbocycles. The number of phenolic OH excluding ortho intramolecular Hbond substituents is 1. The first-order chi connectivity index (χ1) is 51.2. The molecule has 38 nitrogen and oxygen atoms in total. The van der Waals surface area contributed by atoms with Gasteiger partial charge in [-0.25, -0.2) is 0 Å². The summed E-state index contributed by atoms with van der Waals surface area (Å²) in [5.41, 5.74) is 18.6. The summed E-state index contributed by atoms with van der Waals surface area (Å²) in [6.45, 7) is -2.05. The molecule has 4 aromatic rings. The van der Waals surface area contributed by atoms with Crippen molar-refractivity contribution in [2.45, 2.75) is 113 Å². The molecule has 2 heterocycles. The number of rotatable bonds is 43. The molecule has 40 heteroatoms. The topological polar surface area (TPSA) is 598 Å². The van der Waals surface area contributed by atoms with Gasteiger partial charge in [-0.05, 0) is 73.1 Å². The maximum Gasteiger partial charge on any atom is 3.00 e. The minimum Gasteiger partial charge on any atom is -0.549 e. The monoisotopic (exact) mass is 1640 g/mol. The molecule has 0 bridgehead atoms. The van der Waals surface area contributed by atoms with Gasteiger partial charge in [-0.2, -0.15) is 11.8 Å². The number of nitrogens with two attached hydrogens (primary N) is 3. The molecule has 109 heavy (non-hydrogen) atoms. The van der Waals surface area contributed by atoms with Gasteiger partial charge in [-0.15, -0.1) is 0 Å². The number of nitrogens with zero attached hydrogens (tertiary/aromatic N) is 4. The maximum absolute atomic E-state index is 14.6. The van der Waals surface area contributed by atoms with Crippen molar-refractivity contribution in [2.75, 3.05) is 97.1 Å². The first-order valence-electron chi connectivity index (χ1n) is 34.4. The second kappa shape index (κ2) is 46.7. The smallest absolute Gasteiger partial charge is 0.549 e. The van der Waals surface area contributed by atoms with E-state index >= 15 is 0 Å². The summed E-state index contributed by atoms with van der Waals surface area (Å²) < 4.78 is 0. The number of carbonyl (C=O) groups is 16. The van der Waals surface area contributed by atoms with E-state index in [0.717, 1.165) is 0 Å². The van der Waals surface area contributed by atoms with Crippen molar-refractivity contribution in [1.82, 2.24) is 72.4 Å². The molecule has 0 radical (unpaired) electrons. The number of H-pyrrole nitrogens is 1. The minimum atomic E-state index is -1.79. The number of aromatic hydroxyl groups is 1. The molecule has 3 aromatic carbocycles. The number of carboxylic acid groups (broad SMARTS) is 4. The number of nitrogens with one attached hydrogen (secondary N) is 10. The number of hydrogen-bond acceptors (Lipinski definition) is 25. The second-order valence-corrected chi connectivity index (χ2v) is 26.6. The van der Waals surface area contributed by atoms with Crippen molar-refractivity contribution >= 4 is 143 Å². The zero-order valence-corrected chi connectivity index (χ0v) is 64.2. The zero-order valence-electron chi connectivity index (χ0n) is 60.1. The fraction of sp³-hybridized carbons (Fsp3) is 0.478. The molecule has 588 valence electrons. The number of thioether (sulfide) groups is 1. The van der Waals surface area contributed by atoms with Crippen LogP contribution in [0.1, 0.15) is 62.1 Å². The number of aromatic amines is 1. The summed E-state index contributed by atoms with van der Waals surface area (Å²) in [7, 11) is 0. The van der Waals surface area contributed by atoms with Gasteiger partial charge in [0.25, 0.3) is 0 Å². The number of amides is 12. The Bertz CT molecular complexity index is 3790. The Labute approximate surface area is 649 Å². The van der Waals surface area contributed by atoms with E-state index in [9.17, 15) is 102 Å². The molecule has 12 amide bonds. The summed E-state index contributed by atoms with van der Waals surface area (Å²) in [4.78, 5) is 220. The van der Waals surface area contributed by atoms with Crippen molar-refractivity contribution < 1.29 is 102 Å². The average Bonchev–Trinajstić information content (AvgIpc) is 1.64. The third-order valence-corrected chi connectivity index (χ3v) is 17.8. The molecule has 8 atom stereocenters. The van der Waals surface area contributed by atoms with E-state index in [1.165, 1.54) is 62.6 Å². The van der Waals surface area contributed by atoms with Crippen LogP contribution in [0.15, 0.2) is 85.1 Å². The SMILES string of the molecule is CSCC[C@H](NC(=O)[C@H](Cc1c[nH]c2ccccc12)NC(=O)CNC(=O)[C@H](Cc1ccc(O)cc1)NC(=O)[C@H](C)NC(=O)[C@@H](CCC(N)=O)NC(=O)[C@@H](CCC(N)=O)NC(=O)CN1CCN(CC(=O)[O-])CCN(CC(=O)[O-])CCN(CC(=O)[O-])CC1)C(=O)N[C@@H](CC(=O)O)C(=O)N[C@@H](Cc1ccccc1)C(N)=O.[111In+3]. The van der Waals surface area contributed by atoms with E-state index in [-0.39, 0.29) is 115 Å². The zero-order chi connectivity index (χ0) is 79.6. The number of carboxylic acids is 4. The molecule has 5 rings (SSSR count). The van der Waals surface area contributed by atoms with Gasteiger partial charge in [0, 0.05) is 121 Å². The van der Waals surface area contributed by atoms with Gasteiger partial charge in [-0.1, -0.05) is 60.7 Å². The summed E-state index contributed by atoms with van der Waals surface area (Å²) >= 11 is 1.28. The molecular weight excluding hydrogens is 1550 g/mol. The Kier molecular flexibility index (Phi) is 39.0. The van der Waals surface area contributed by atoms with Crippen LogP contribution in [0.4, 0.5) is 0 Å². The maximum atomic E-state index is 14.6. The number of aliphatic carboxylic acids is 4. The van der Waals surface area contributed by atoms with Crippen LogP contribution in [0.25, 0.3) is 10.9 Å². The molecule has 1 fully saturated rings. The average molecular weight is 1640 g/mol.